The minimum absolute atomic E-state index is 0.189. The monoisotopic (exact) mass is 419 g/mol. The van der Waals surface area contributed by atoms with Gasteiger partial charge in [0.15, 0.2) is 17.8 Å². The number of rotatable bonds is 9. The SMILES string of the molecule is COc1cc2c(cc1OC)[C@H]1C[C@@H](COC(C=O)C(=O)O)[C@H](CC(C)C)CN1CC2. The quantitative estimate of drug-likeness (QED) is 0.486. The van der Waals surface area contributed by atoms with Crippen molar-refractivity contribution in [2.24, 2.45) is 17.8 Å². The maximum Gasteiger partial charge on any atom is 0.340 e. The van der Waals surface area contributed by atoms with Gasteiger partial charge in [-0.3, -0.25) is 9.69 Å². The van der Waals surface area contributed by atoms with Gasteiger partial charge >= 0.3 is 5.97 Å². The summed E-state index contributed by atoms with van der Waals surface area (Å²) >= 11 is 0. The van der Waals surface area contributed by atoms with Gasteiger partial charge in [-0.15, -0.1) is 0 Å². The van der Waals surface area contributed by atoms with Crippen molar-refractivity contribution in [1.29, 1.82) is 0 Å². The van der Waals surface area contributed by atoms with E-state index in [0.29, 0.717) is 18.1 Å². The van der Waals surface area contributed by atoms with E-state index in [4.69, 9.17) is 19.3 Å². The van der Waals surface area contributed by atoms with Crippen LogP contribution >= 0.6 is 0 Å². The third-order valence-corrected chi connectivity index (χ3v) is 6.41. The van der Waals surface area contributed by atoms with Crippen molar-refractivity contribution in [3.63, 3.8) is 0 Å². The summed E-state index contributed by atoms with van der Waals surface area (Å²) in [7, 11) is 3.29. The van der Waals surface area contributed by atoms with Crippen molar-refractivity contribution < 1.29 is 28.9 Å². The molecule has 1 aromatic carbocycles. The van der Waals surface area contributed by atoms with Crippen molar-refractivity contribution in [3.8, 4) is 11.5 Å². The molecule has 0 saturated carbocycles. The fourth-order valence-corrected chi connectivity index (χ4v) is 4.98. The first-order chi connectivity index (χ1) is 14.4. The van der Waals surface area contributed by atoms with E-state index >= 15 is 0 Å². The number of aliphatic carboxylic acids is 1. The zero-order valence-corrected chi connectivity index (χ0v) is 18.3. The van der Waals surface area contributed by atoms with E-state index in [-0.39, 0.29) is 18.6 Å². The average Bonchev–Trinajstić information content (AvgIpc) is 2.72. The third-order valence-electron chi connectivity index (χ3n) is 6.41. The average molecular weight is 420 g/mol. The topological polar surface area (TPSA) is 85.3 Å². The van der Waals surface area contributed by atoms with E-state index in [1.54, 1.807) is 14.2 Å². The smallest absolute Gasteiger partial charge is 0.340 e. The Kier molecular flexibility index (Phi) is 7.36. The molecule has 1 saturated heterocycles. The lowest BCUT2D eigenvalue weighted by Gasteiger charge is -2.47. The minimum Gasteiger partial charge on any atom is -0.493 e. The molecule has 30 heavy (non-hydrogen) atoms. The molecule has 2 aliphatic rings. The molecule has 166 valence electrons. The Balaban J connectivity index is 1.85. The van der Waals surface area contributed by atoms with E-state index in [0.717, 1.165) is 43.9 Å². The number of nitrogens with zero attached hydrogens (tertiary/aromatic N) is 1. The van der Waals surface area contributed by atoms with Crippen LogP contribution in [0.2, 0.25) is 0 Å². The fourth-order valence-electron chi connectivity index (χ4n) is 4.98. The minimum atomic E-state index is -1.40. The number of piperidine rings is 1. The van der Waals surface area contributed by atoms with Crippen LogP contribution in [-0.2, 0) is 20.7 Å². The molecule has 0 radical (unpaired) electrons. The summed E-state index contributed by atoms with van der Waals surface area (Å²) in [6.07, 6.45) is 1.85. The summed E-state index contributed by atoms with van der Waals surface area (Å²) in [5.41, 5.74) is 2.52. The number of ether oxygens (including phenoxy) is 3. The van der Waals surface area contributed by atoms with Crippen molar-refractivity contribution in [2.75, 3.05) is 33.9 Å². The summed E-state index contributed by atoms with van der Waals surface area (Å²) in [6.45, 7) is 6.63. The molecule has 0 bridgehead atoms. The largest absolute Gasteiger partial charge is 0.493 e. The first-order valence-electron chi connectivity index (χ1n) is 10.7. The van der Waals surface area contributed by atoms with Crippen LogP contribution in [0, 0.1) is 17.8 Å². The molecule has 1 N–H and O–H groups in total. The van der Waals surface area contributed by atoms with Crippen molar-refractivity contribution >= 4 is 12.3 Å². The van der Waals surface area contributed by atoms with Crippen molar-refractivity contribution in [3.05, 3.63) is 23.3 Å². The molecule has 0 amide bonds. The Morgan fingerprint density at radius 3 is 2.53 bits per heavy atom. The number of benzene rings is 1. The van der Waals surface area contributed by atoms with Crippen molar-refractivity contribution in [2.45, 2.75) is 45.3 Å². The predicted molar refractivity (Wildman–Crippen MR) is 112 cm³/mol. The molecule has 1 aromatic rings. The van der Waals surface area contributed by atoms with Gasteiger partial charge in [0.05, 0.1) is 20.8 Å². The van der Waals surface area contributed by atoms with Gasteiger partial charge in [0.2, 0.25) is 6.10 Å². The van der Waals surface area contributed by atoms with Gasteiger partial charge in [0.1, 0.15) is 0 Å². The first kappa shape index (κ1) is 22.6. The summed E-state index contributed by atoms with van der Waals surface area (Å²) in [4.78, 5) is 24.8. The molecule has 0 aliphatic carbocycles. The summed E-state index contributed by atoms with van der Waals surface area (Å²) in [5.74, 6) is 1.37. The molecule has 2 heterocycles. The van der Waals surface area contributed by atoms with Crippen LogP contribution in [0.15, 0.2) is 12.1 Å². The molecule has 0 spiro atoms. The molecular weight excluding hydrogens is 386 g/mol. The van der Waals surface area contributed by atoms with E-state index in [1.807, 2.05) is 0 Å². The van der Waals surface area contributed by atoms with Gasteiger partial charge in [-0.1, -0.05) is 13.8 Å². The highest BCUT2D eigenvalue weighted by atomic mass is 16.5. The van der Waals surface area contributed by atoms with E-state index in [1.165, 1.54) is 11.1 Å². The molecule has 3 rings (SSSR count). The molecule has 2 aliphatic heterocycles. The lowest BCUT2D eigenvalue weighted by Crippen LogP contribution is -2.47. The Morgan fingerprint density at radius 1 is 1.23 bits per heavy atom. The van der Waals surface area contributed by atoms with Gasteiger partial charge in [-0.25, -0.2) is 4.79 Å². The predicted octanol–water partition coefficient (Wildman–Crippen LogP) is 2.95. The fraction of sp³-hybridized carbons (Fsp3) is 0.652. The highest BCUT2D eigenvalue weighted by Gasteiger charge is 2.40. The van der Waals surface area contributed by atoms with Crippen LogP contribution in [0.1, 0.15) is 43.9 Å². The number of carbonyl (C=O) groups excluding carboxylic acids is 1. The summed E-state index contributed by atoms with van der Waals surface area (Å²) < 4.78 is 16.5. The maximum absolute atomic E-state index is 11.2. The normalized spacial score (nSPS) is 24.6. The van der Waals surface area contributed by atoms with Crippen LogP contribution in [0.25, 0.3) is 0 Å². The van der Waals surface area contributed by atoms with Gasteiger partial charge in [0.25, 0.3) is 0 Å². The zero-order valence-electron chi connectivity index (χ0n) is 18.3. The van der Waals surface area contributed by atoms with Gasteiger partial charge < -0.3 is 19.3 Å². The Bertz CT molecular complexity index is 764. The van der Waals surface area contributed by atoms with E-state index in [2.05, 4.69) is 30.9 Å². The Hall–Kier alpha value is -2.12. The third kappa shape index (κ3) is 4.78. The Morgan fingerprint density at radius 2 is 1.93 bits per heavy atom. The highest BCUT2D eigenvalue weighted by molar-refractivity contribution is 5.89. The standard InChI is InChI=1S/C23H33NO6/c1-14(2)7-16-11-24-6-5-15-9-20(28-3)21(29-4)10-18(15)19(24)8-17(16)13-30-22(12-25)23(26)27/h9-10,12,14,16-17,19,22H,5-8,11,13H2,1-4H3,(H,26,27)/t16-,17+,19-,22?/m1/s1. The molecule has 0 aromatic heterocycles. The highest BCUT2D eigenvalue weighted by Crippen LogP contribution is 2.45. The number of hydrogen-bond donors (Lipinski definition) is 1. The van der Waals surface area contributed by atoms with Crippen LogP contribution in [0.5, 0.6) is 11.5 Å². The lowest BCUT2D eigenvalue weighted by atomic mass is 9.74. The van der Waals surface area contributed by atoms with Gasteiger partial charge in [0, 0.05) is 19.1 Å². The van der Waals surface area contributed by atoms with Crippen LogP contribution in [0.4, 0.5) is 0 Å². The molecule has 1 fully saturated rings. The van der Waals surface area contributed by atoms with Gasteiger partial charge in [-0.05, 0) is 60.3 Å². The second-order valence-corrected chi connectivity index (χ2v) is 8.78. The molecule has 4 atom stereocenters. The van der Waals surface area contributed by atoms with Crippen molar-refractivity contribution in [1.82, 2.24) is 4.90 Å². The van der Waals surface area contributed by atoms with Gasteiger partial charge in [-0.2, -0.15) is 0 Å². The summed E-state index contributed by atoms with van der Waals surface area (Å²) in [6, 6.07) is 4.38. The Labute approximate surface area is 178 Å². The first-order valence-corrected chi connectivity index (χ1v) is 10.7. The number of hydrogen-bond acceptors (Lipinski definition) is 6. The van der Waals surface area contributed by atoms with Crippen LogP contribution in [0.3, 0.4) is 0 Å². The number of methoxy groups -OCH3 is 2. The number of aldehydes is 1. The number of fused-ring (bicyclic) bond motifs is 3. The lowest BCUT2D eigenvalue weighted by molar-refractivity contribution is -0.154. The molecule has 7 heteroatoms. The molecule has 7 nitrogen and oxygen atoms in total. The van der Waals surface area contributed by atoms with E-state index in [9.17, 15) is 9.59 Å². The maximum atomic E-state index is 11.2. The van der Waals surface area contributed by atoms with Crippen LogP contribution < -0.4 is 9.47 Å². The second-order valence-electron chi connectivity index (χ2n) is 8.78. The zero-order chi connectivity index (χ0) is 21.8. The number of carboxylic acid groups (broad SMARTS) is 1. The van der Waals surface area contributed by atoms with Crippen LogP contribution in [-0.4, -0.2) is 62.3 Å². The summed E-state index contributed by atoms with van der Waals surface area (Å²) in [5, 5.41) is 9.15. The molecule has 1 unspecified atom stereocenters. The second kappa shape index (κ2) is 9.79. The molecular formula is C23H33NO6. The van der Waals surface area contributed by atoms with E-state index < -0.39 is 12.1 Å². The number of carboxylic acids is 1. The number of carbonyl (C=O) groups is 2.